The maximum Gasteiger partial charge on any atom is 0.296 e. The van der Waals surface area contributed by atoms with Crippen LogP contribution in [0.4, 0.5) is 5.69 Å². The average molecular weight is 422 g/mol. The van der Waals surface area contributed by atoms with Gasteiger partial charge < -0.3 is 0 Å². The first-order valence-corrected chi connectivity index (χ1v) is 9.90. The van der Waals surface area contributed by atoms with Crippen LogP contribution in [-0.2, 0) is 25.0 Å². The maximum absolute atomic E-state index is 12.1. The topological polar surface area (TPSA) is 141 Å². The van der Waals surface area contributed by atoms with E-state index < -0.39 is 41.6 Å². The van der Waals surface area contributed by atoms with Crippen molar-refractivity contribution in [3.63, 3.8) is 0 Å². The van der Waals surface area contributed by atoms with Crippen LogP contribution in [0.5, 0.6) is 0 Å². The van der Waals surface area contributed by atoms with Gasteiger partial charge in [-0.15, -0.1) is 0 Å². The molecule has 134 valence electrons. The minimum atomic E-state index is -4.73. The third kappa shape index (κ3) is 6.36. The van der Waals surface area contributed by atoms with E-state index >= 15 is 0 Å². The van der Waals surface area contributed by atoms with Crippen molar-refractivity contribution in [2.45, 2.75) is 42.4 Å². The number of benzene rings is 1. The second kappa shape index (κ2) is 10.1. The molecule has 13 heteroatoms. The quantitative estimate of drug-likeness (QED) is 0.508. The first-order valence-electron chi connectivity index (χ1n) is 7.02. The number of unbranched alkanes of at least 4 members (excludes halogenated alkanes) is 1. The van der Waals surface area contributed by atoms with Gasteiger partial charge in [-0.25, -0.2) is 0 Å². The number of hydrogen-bond donors (Lipinski definition) is 2. The predicted octanol–water partition coefficient (Wildman–Crippen LogP) is 0.701. The van der Waals surface area contributed by atoms with Crippen LogP contribution in [0, 0.1) is 0 Å². The van der Waals surface area contributed by atoms with E-state index in [9.17, 15) is 26.2 Å². The van der Waals surface area contributed by atoms with Crippen LogP contribution in [-0.4, -0.2) is 96.7 Å². The van der Waals surface area contributed by atoms with E-state index in [1.807, 2.05) is 6.92 Å². The maximum atomic E-state index is 12.1. The fraction of sp³-hybridized carbons (Fsp3) is 0.385. The monoisotopic (exact) mass is 422 g/mol. The Bertz CT molecular complexity index is 914. The van der Waals surface area contributed by atoms with Crippen molar-refractivity contribution in [1.82, 2.24) is 0 Å². The first-order chi connectivity index (χ1) is 11.0. The van der Waals surface area contributed by atoms with Gasteiger partial charge in [-0.2, -0.15) is 26.9 Å². The molecule has 2 radical (unpaired) electrons. The van der Waals surface area contributed by atoms with E-state index in [0.717, 1.165) is 36.0 Å². The van der Waals surface area contributed by atoms with Crippen molar-refractivity contribution < 1.29 is 30.7 Å². The molecule has 1 aliphatic heterocycles. The zero-order valence-corrected chi connectivity index (χ0v) is 20.3. The summed E-state index contributed by atoms with van der Waals surface area (Å²) in [6.45, 7) is 1.96. The summed E-state index contributed by atoms with van der Waals surface area (Å²) in [7, 11) is -9.36. The first kappa shape index (κ1) is 26.2. The average Bonchev–Trinajstić information content (AvgIpc) is 2.83. The van der Waals surface area contributed by atoms with Crippen molar-refractivity contribution >= 4 is 96.7 Å². The number of anilines is 1. The Morgan fingerprint density at radius 3 is 2.23 bits per heavy atom. The van der Waals surface area contributed by atoms with Gasteiger partial charge >= 0.3 is 0 Å². The largest absolute Gasteiger partial charge is 0.296 e. The fourth-order valence-corrected chi connectivity index (χ4v) is 3.38. The second-order valence-electron chi connectivity index (χ2n) is 5.23. The van der Waals surface area contributed by atoms with Gasteiger partial charge in [0.25, 0.3) is 26.1 Å². The minimum Gasteiger partial charge on any atom is -0.282 e. The number of amides is 1. The summed E-state index contributed by atoms with van der Waals surface area (Å²) in [6, 6.07) is 2.38. The van der Waals surface area contributed by atoms with E-state index in [2.05, 4.69) is 5.10 Å². The summed E-state index contributed by atoms with van der Waals surface area (Å²) in [5.74, 6) is -0.557. The molecule has 1 amide bonds. The molecule has 0 fully saturated rings. The third-order valence-electron chi connectivity index (χ3n) is 3.39. The van der Waals surface area contributed by atoms with E-state index in [1.165, 1.54) is 0 Å². The van der Waals surface area contributed by atoms with E-state index in [4.69, 9.17) is 4.55 Å². The van der Waals surface area contributed by atoms with Gasteiger partial charge in [0, 0.05) is 64.8 Å². The van der Waals surface area contributed by atoms with Crippen molar-refractivity contribution in [3.8, 4) is 0 Å². The summed E-state index contributed by atoms with van der Waals surface area (Å²) in [5.41, 5.74) is 0.101. The molecule has 0 unspecified atom stereocenters. The molecule has 1 aromatic carbocycles. The van der Waals surface area contributed by atoms with Crippen LogP contribution in [0.2, 0.25) is 0 Å². The summed E-state index contributed by atoms with van der Waals surface area (Å²) >= 11 is 0. The van der Waals surface area contributed by atoms with Crippen molar-refractivity contribution in [2.75, 3.05) is 5.01 Å². The molecule has 0 atom stereocenters. The molecule has 2 N–H and O–H groups in total. The zero-order valence-electron chi connectivity index (χ0n) is 14.7. The third-order valence-corrected chi connectivity index (χ3v) is 5.14. The van der Waals surface area contributed by atoms with Gasteiger partial charge in [0.2, 0.25) is 0 Å². The standard InChI is InChI=1S/C13H16N2O7S2.2Na/c1-2-3-4-9-7-13(16)15(14-9)11-8-10(23(17,18)19)5-6-12(11)24(20,21)22;;/h5-6,8H,2-4,7H2,1H3,(H,17,18,19)(H,20,21,22);;. The molecule has 1 aliphatic rings. The van der Waals surface area contributed by atoms with Crippen LogP contribution >= 0.6 is 0 Å². The summed E-state index contributed by atoms with van der Waals surface area (Å²) in [5, 5.41) is 4.76. The molecule has 9 nitrogen and oxygen atoms in total. The Hall–Kier alpha value is 0.180. The molecule has 2 rings (SSSR count). The molecule has 26 heavy (non-hydrogen) atoms. The van der Waals surface area contributed by atoms with E-state index in [1.54, 1.807) is 0 Å². The molecule has 0 spiro atoms. The van der Waals surface area contributed by atoms with Gasteiger partial charge in [-0.1, -0.05) is 13.3 Å². The van der Waals surface area contributed by atoms with Crippen LogP contribution in [0.15, 0.2) is 33.1 Å². The summed E-state index contributed by atoms with van der Waals surface area (Å²) in [6.07, 6.45) is 2.18. The number of carbonyl (C=O) groups excluding carboxylic acids is 1. The van der Waals surface area contributed by atoms with Gasteiger partial charge in [-0.3, -0.25) is 13.9 Å². The minimum absolute atomic E-state index is 0. The van der Waals surface area contributed by atoms with Gasteiger partial charge in [0.05, 0.1) is 17.0 Å². The fourth-order valence-electron chi connectivity index (χ4n) is 2.23. The van der Waals surface area contributed by atoms with Gasteiger partial charge in [-0.05, 0) is 31.0 Å². The Morgan fingerprint density at radius 2 is 1.73 bits per heavy atom. The Kier molecular flexibility index (Phi) is 10.2. The number of hydrogen-bond acceptors (Lipinski definition) is 6. The van der Waals surface area contributed by atoms with E-state index in [-0.39, 0.29) is 65.5 Å². The van der Waals surface area contributed by atoms with Crippen LogP contribution in [0.25, 0.3) is 0 Å². The number of nitrogens with zero attached hydrogens (tertiary/aromatic N) is 2. The van der Waals surface area contributed by atoms with Crippen LogP contribution in [0.3, 0.4) is 0 Å². The summed E-state index contributed by atoms with van der Waals surface area (Å²) in [4.78, 5) is 10.8. The number of carbonyl (C=O) groups is 1. The SMILES string of the molecule is CCCCC1=NN(c2cc(S(=O)(=O)O)ccc2S(=O)(=O)O)C(=O)C1.[Na].[Na]. The Labute approximate surface area is 196 Å². The van der Waals surface area contributed by atoms with Gasteiger partial charge in [0.1, 0.15) is 4.90 Å². The number of hydrazone groups is 1. The molecular formula is C13H16N2Na2O7S2. The normalized spacial score (nSPS) is 14.5. The molecule has 0 bridgehead atoms. The van der Waals surface area contributed by atoms with Crippen molar-refractivity contribution in [2.24, 2.45) is 5.10 Å². The zero-order chi connectivity index (χ0) is 18.1. The molecule has 0 saturated heterocycles. The number of rotatable bonds is 6. The molecule has 1 heterocycles. The second-order valence-corrected chi connectivity index (χ2v) is 8.04. The summed E-state index contributed by atoms with van der Waals surface area (Å²) < 4.78 is 63.9. The Balaban J connectivity index is 0.00000312. The Morgan fingerprint density at radius 1 is 1.12 bits per heavy atom. The molecule has 0 aromatic heterocycles. The molecule has 1 aromatic rings. The van der Waals surface area contributed by atoms with Crippen molar-refractivity contribution in [3.05, 3.63) is 18.2 Å². The van der Waals surface area contributed by atoms with Crippen LogP contribution in [0.1, 0.15) is 32.6 Å². The van der Waals surface area contributed by atoms with Crippen LogP contribution < -0.4 is 5.01 Å². The smallest absolute Gasteiger partial charge is 0.282 e. The molecule has 0 aliphatic carbocycles. The van der Waals surface area contributed by atoms with Gasteiger partial charge in [0.15, 0.2) is 0 Å². The molecule has 0 saturated carbocycles. The molecular weight excluding hydrogens is 406 g/mol. The predicted molar refractivity (Wildman–Crippen MR) is 96.6 cm³/mol. The van der Waals surface area contributed by atoms with Crippen molar-refractivity contribution in [1.29, 1.82) is 0 Å². The van der Waals surface area contributed by atoms with E-state index in [0.29, 0.717) is 12.1 Å².